The van der Waals surface area contributed by atoms with E-state index in [1.807, 2.05) is 11.8 Å². The number of carbonyl (C=O) groups excluding carboxylic acids is 2. The van der Waals surface area contributed by atoms with Crippen LogP contribution in [0.3, 0.4) is 0 Å². The second-order valence-corrected chi connectivity index (χ2v) is 5.54. The van der Waals surface area contributed by atoms with Crippen LogP contribution in [0.15, 0.2) is 0 Å². The Morgan fingerprint density at radius 3 is 2.42 bits per heavy atom. The fourth-order valence-corrected chi connectivity index (χ4v) is 2.64. The third-order valence-corrected chi connectivity index (χ3v) is 4.10. The van der Waals surface area contributed by atoms with E-state index in [0.717, 1.165) is 25.7 Å². The quantitative estimate of drug-likeness (QED) is 0.720. The van der Waals surface area contributed by atoms with Crippen molar-refractivity contribution in [3.63, 3.8) is 0 Å². The Morgan fingerprint density at radius 1 is 1.21 bits per heavy atom. The molecule has 1 aliphatic heterocycles. The highest BCUT2D eigenvalue weighted by Gasteiger charge is 2.41. The zero-order chi connectivity index (χ0) is 14.4. The molecule has 0 aromatic carbocycles. The normalized spacial score (nSPS) is 25.4. The zero-order valence-corrected chi connectivity index (χ0v) is 12.7. The summed E-state index contributed by atoms with van der Waals surface area (Å²) in [6.07, 6.45) is 4.79. The van der Waals surface area contributed by atoms with E-state index in [4.69, 9.17) is 0 Å². The van der Waals surface area contributed by atoms with Crippen molar-refractivity contribution in [2.45, 2.75) is 71.9 Å². The van der Waals surface area contributed by atoms with Crippen LogP contribution in [0.4, 0.5) is 0 Å². The number of piperazine rings is 1. The summed E-state index contributed by atoms with van der Waals surface area (Å²) in [5.74, 6) is 0.337. The van der Waals surface area contributed by atoms with Crippen molar-refractivity contribution in [3.05, 3.63) is 0 Å². The van der Waals surface area contributed by atoms with Crippen LogP contribution in [0, 0.1) is 5.92 Å². The lowest BCUT2D eigenvalue weighted by Gasteiger charge is -2.41. The van der Waals surface area contributed by atoms with Crippen LogP contribution in [-0.2, 0) is 9.59 Å². The monoisotopic (exact) mass is 268 g/mol. The maximum Gasteiger partial charge on any atom is 0.245 e. The third kappa shape index (κ3) is 3.71. The average molecular weight is 268 g/mol. The van der Waals surface area contributed by atoms with Crippen molar-refractivity contribution in [2.24, 2.45) is 5.92 Å². The van der Waals surface area contributed by atoms with Gasteiger partial charge >= 0.3 is 0 Å². The largest absolute Gasteiger partial charge is 0.343 e. The lowest BCUT2D eigenvalue weighted by atomic mass is 9.92. The summed E-state index contributed by atoms with van der Waals surface area (Å²) in [4.78, 5) is 26.5. The van der Waals surface area contributed by atoms with Gasteiger partial charge in [-0.2, -0.15) is 0 Å². The van der Waals surface area contributed by atoms with Crippen LogP contribution < -0.4 is 5.32 Å². The van der Waals surface area contributed by atoms with E-state index in [-0.39, 0.29) is 29.8 Å². The maximum atomic E-state index is 12.4. The number of unbranched alkanes of at least 4 members (excludes halogenated alkanes) is 2. The van der Waals surface area contributed by atoms with Crippen LogP contribution in [0.25, 0.3) is 0 Å². The van der Waals surface area contributed by atoms with Crippen LogP contribution in [0.1, 0.15) is 59.8 Å². The van der Waals surface area contributed by atoms with Crippen molar-refractivity contribution in [1.29, 1.82) is 0 Å². The molecule has 0 aromatic heterocycles. The van der Waals surface area contributed by atoms with E-state index >= 15 is 0 Å². The third-order valence-electron chi connectivity index (χ3n) is 4.10. The van der Waals surface area contributed by atoms with E-state index in [2.05, 4.69) is 26.1 Å². The Morgan fingerprint density at radius 2 is 1.89 bits per heavy atom. The highest BCUT2D eigenvalue weighted by Crippen LogP contribution is 2.21. The van der Waals surface area contributed by atoms with Gasteiger partial charge in [-0.05, 0) is 18.8 Å². The molecule has 0 saturated carbocycles. The van der Waals surface area contributed by atoms with Gasteiger partial charge in [0.15, 0.2) is 0 Å². The van der Waals surface area contributed by atoms with Gasteiger partial charge in [-0.1, -0.05) is 47.0 Å². The molecule has 3 unspecified atom stereocenters. The molecule has 0 radical (unpaired) electrons. The highest BCUT2D eigenvalue weighted by atomic mass is 16.2. The molecule has 1 fully saturated rings. The van der Waals surface area contributed by atoms with Crippen molar-refractivity contribution in [1.82, 2.24) is 10.2 Å². The van der Waals surface area contributed by atoms with Crippen LogP contribution in [-0.4, -0.2) is 35.3 Å². The summed E-state index contributed by atoms with van der Waals surface area (Å²) < 4.78 is 0. The standard InChI is InChI=1S/C15H28N2O2/c1-5-8-9-10-17-13(11(4)6-2)14(18)16-12(7-3)15(17)19/h11-13H,5-10H2,1-4H3,(H,16,18). The topological polar surface area (TPSA) is 49.4 Å². The molecular weight excluding hydrogens is 240 g/mol. The molecule has 4 nitrogen and oxygen atoms in total. The summed E-state index contributed by atoms with van der Waals surface area (Å²) in [6.45, 7) is 8.92. The van der Waals surface area contributed by atoms with Gasteiger partial charge in [0.2, 0.25) is 11.8 Å². The molecule has 0 bridgehead atoms. The summed E-state index contributed by atoms with van der Waals surface area (Å²) in [5.41, 5.74) is 0. The van der Waals surface area contributed by atoms with E-state index in [1.165, 1.54) is 0 Å². The summed E-state index contributed by atoms with van der Waals surface area (Å²) in [5, 5.41) is 2.87. The molecule has 110 valence electrons. The van der Waals surface area contributed by atoms with Gasteiger partial charge in [0.05, 0.1) is 0 Å². The van der Waals surface area contributed by atoms with Gasteiger partial charge < -0.3 is 10.2 Å². The number of hydrogen-bond donors (Lipinski definition) is 1. The molecule has 3 atom stereocenters. The number of nitrogens with one attached hydrogen (secondary N) is 1. The lowest BCUT2D eigenvalue weighted by Crippen LogP contribution is -2.64. The summed E-state index contributed by atoms with van der Waals surface area (Å²) in [7, 11) is 0. The molecule has 1 N–H and O–H groups in total. The second kappa shape index (κ2) is 7.51. The SMILES string of the molecule is CCCCCN1C(=O)C(CC)NC(=O)C1C(C)CC. The Balaban J connectivity index is 2.84. The van der Waals surface area contributed by atoms with E-state index in [9.17, 15) is 9.59 Å². The molecule has 0 aromatic rings. The second-order valence-electron chi connectivity index (χ2n) is 5.54. The number of nitrogens with zero attached hydrogens (tertiary/aromatic N) is 1. The predicted molar refractivity (Wildman–Crippen MR) is 76.7 cm³/mol. The number of rotatable bonds is 7. The maximum absolute atomic E-state index is 12.4. The molecule has 2 amide bonds. The Kier molecular flexibility index (Phi) is 6.32. The van der Waals surface area contributed by atoms with Crippen LogP contribution in [0.2, 0.25) is 0 Å². The lowest BCUT2D eigenvalue weighted by molar-refractivity contribution is -0.151. The zero-order valence-electron chi connectivity index (χ0n) is 12.7. The van der Waals surface area contributed by atoms with Crippen LogP contribution in [0.5, 0.6) is 0 Å². The van der Waals surface area contributed by atoms with Crippen molar-refractivity contribution in [2.75, 3.05) is 6.54 Å². The van der Waals surface area contributed by atoms with Gasteiger partial charge in [0.1, 0.15) is 12.1 Å². The fourth-order valence-electron chi connectivity index (χ4n) is 2.64. The molecule has 1 aliphatic rings. The van der Waals surface area contributed by atoms with Crippen LogP contribution >= 0.6 is 0 Å². The van der Waals surface area contributed by atoms with Gasteiger partial charge in [0.25, 0.3) is 0 Å². The smallest absolute Gasteiger partial charge is 0.245 e. The minimum absolute atomic E-state index is 0.0253. The van der Waals surface area contributed by atoms with Crippen molar-refractivity contribution < 1.29 is 9.59 Å². The Hall–Kier alpha value is -1.06. The van der Waals surface area contributed by atoms with Crippen molar-refractivity contribution >= 4 is 11.8 Å². The van der Waals surface area contributed by atoms with Gasteiger partial charge in [0, 0.05) is 6.54 Å². The first-order chi connectivity index (χ1) is 9.06. The van der Waals surface area contributed by atoms with Gasteiger partial charge in [-0.25, -0.2) is 0 Å². The Labute approximate surface area is 116 Å². The molecule has 1 rings (SSSR count). The van der Waals surface area contributed by atoms with Crippen molar-refractivity contribution in [3.8, 4) is 0 Å². The molecular formula is C15H28N2O2. The highest BCUT2D eigenvalue weighted by molar-refractivity contribution is 5.97. The number of carbonyl (C=O) groups is 2. The minimum Gasteiger partial charge on any atom is -0.343 e. The predicted octanol–water partition coefficient (Wildman–Crippen LogP) is 2.33. The first kappa shape index (κ1) is 16.0. The van der Waals surface area contributed by atoms with E-state index < -0.39 is 0 Å². The first-order valence-corrected chi connectivity index (χ1v) is 7.67. The fraction of sp³-hybridized carbons (Fsp3) is 0.867. The van der Waals surface area contributed by atoms with Gasteiger partial charge in [-0.3, -0.25) is 9.59 Å². The first-order valence-electron chi connectivity index (χ1n) is 7.67. The molecule has 19 heavy (non-hydrogen) atoms. The molecule has 4 heteroatoms. The molecule has 1 heterocycles. The summed E-state index contributed by atoms with van der Waals surface area (Å²) >= 11 is 0. The van der Waals surface area contributed by atoms with E-state index in [1.54, 1.807) is 0 Å². The van der Waals surface area contributed by atoms with Gasteiger partial charge in [-0.15, -0.1) is 0 Å². The average Bonchev–Trinajstić information content (AvgIpc) is 2.41. The summed E-state index contributed by atoms with van der Waals surface area (Å²) in [6, 6.07) is -0.605. The molecule has 1 saturated heterocycles. The van der Waals surface area contributed by atoms with E-state index in [0.29, 0.717) is 13.0 Å². The number of amides is 2. The Bertz CT molecular complexity index is 317. The molecule has 0 spiro atoms. The molecule has 0 aliphatic carbocycles. The minimum atomic E-state index is -0.325. The number of hydrogen-bond acceptors (Lipinski definition) is 2.